The van der Waals surface area contributed by atoms with E-state index in [0.29, 0.717) is 24.5 Å². The summed E-state index contributed by atoms with van der Waals surface area (Å²) < 4.78 is 49.2. The fourth-order valence-corrected chi connectivity index (χ4v) is 12.7. The van der Waals surface area contributed by atoms with Crippen LogP contribution < -0.4 is 9.47 Å². The first-order valence-corrected chi connectivity index (χ1v) is 17.2. The molecule has 1 aromatic rings. The fourth-order valence-electron chi connectivity index (χ4n) is 12.7. The molecule has 1 spiro atoms. The Labute approximate surface area is 282 Å². The smallest absolute Gasteiger partial charge is 0.338 e. The summed E-state index contributed by atoms with van der Waals surface area (Å²) in [6.07, 6.45) is -0.0408. The Bertz CT molecular complexity index is 1440. The van der Waals surface area contributed by atoms with Crippen molar-refractivity contribution in [3.8, 4) is 11.5 Å². The quantitative estimate of drug-likeness (QED) is 0.347. The molecule has 5 aliphatic carbocycles. The zero-order chi connectivity index (χ0) is 34.4. The van der Waals surface area contributed by atoms with E-state index in [9.17, 15) is 14.7 Å². The average Bonchev–Trinajstić information content (AvgIpc) is 3.45. The Kier molecular flexibility index (Phi) is 8.36. The number of fused-ring (bicyclic) bond motifs is 2. The molecule has 0 radical (unpaired) electrons. The van der Waals surface area contributed by atoms with Gasteiger partial charge in [-0.25, -0.2) is 4.79 Å². The Morgan fingerprint density at radius 2 is 1.69 bits per heavy atom. The SMILES string of the molecule is CCN1C[C@]2(COC)CC[C@H](OC)[C@@]34[C@@H]5C[C@]6(O)[C@@H](OC)C[C@](OC(C)=O)([C@H]5[C@H]6OC(=O)c5ccc(OC)c(OC)c5)[C@@H]([C@@H](OC)[C@H]23)[C@@H]14. The number of hydrogen-bond donors (Lipinski definition) is 1. The molecule has 6 aliphatic rings. The lowest BCUT2D eigenvalue weighted by molar-refractivity contribution is -0.287. The van der Waals surface area contributed by atoms with Crippen LogP contribution in [-0.2, 0) is 33.2 Å². The van der Waals surface area contributed by atoms with Crippen molar-refractivity contribution in [3.05, 3.63) is 23.8 Å². The predicted molar refractivity (Wildman–Crippen MR) is 171 cm³/mol. The van der Waals surface area contributed by atoms with Gasteiger partial charge in [0.05, 0.1) is 44.7 Å². The van der Waals surface area contributed by atoms with E-state index in [1.54, 1.807) is 46.6 Å². The van der Waals surface area contributed by atoms with Crippen LogP contribution in [0.5, 0.6) is 11.5 Å². The van der Waals surface area contributed by atoms with E-state index >= 15 is 0 Å². The highest BCUT2D eigenvalue weighted by molar-refractivity contribution is 5.90. The van der Waals surface area contributed by atoms with E-state index in [1.807, 2.05) is 0 Å². The van der Waals surface area contributed by atoms with Crippen molar-refractivity contribution in [1.82, 2.24) is 4.90 Å². The third-order valence-electron chi connectivity index (χ3n) is 13.6. The molecule has 6 fully saturated rings. The Balaban J connectivity index is 1.45. The summed E-state index contributed by atoms with van der Waals surface area (Å²) in [4.78, 5) is 29.9. The number of methoxy groups -OCH3 is 6. The van der Waals surface area contributed by atoms with E-state index in [2.05, 4.69) is 11.8 Å². The maximum Gasteiger partial charge on any atom is 0.338 e. The van der Waals surface area contributed by atoms with Crippen molar-refractivity contribution >= 4 is 11.9 Å². The van der Waals surface area contributed by atoms with Crippen molar-refractivity contribution in [1.29, 1.82) is 0 Å². The number of likely N-dealkylation sites (tertiary alicyclic amines) is 1. The standard InChI is InChI=1S/C36H51NO11/c1-9-37-17-33(18-41-3)13-12-24(44-6)36-21-15-34(40)25(45-7)16-35(48-19(2)38,27(30(36)37)28(46-8)29(33)36)26(21)31(34)47-32(39)20-10-11-22(42-4)23(14-20)43-5/h10-11,14,21,24-31,40H,9,12-13,15-18H2,1-8H3/t21-,24+,25+,26-,27+,28-,29-,30-,31-,33+,34+,35+,36+/m1/s1. The van der Waals surface area contributed by atoms with Crippen molar-refractivity contribution in [2.75, 3.05) is 62.4 Å². The summed E-state index contributed by atoms with van der Waals surface area (Å²) >= 11 is 0. The van der Waals surface area contributed by atoms with E-state index in [-0.39, 0.29) is 53.4 Å². The monoisotopic (exact) mass is 673 g/mol. The zero-order valence-corrected chi connectivity index (χ0v) is 29.4. The molecule has 48 heavy (non-hydrogen) atoms. The minimum Gasteiger partial charge on any atom is -0.493 e. The molecule has 1 heterocycles. The molecule has 7 rings (SSSR count). The summed E-state index contributed by atoms with van der Waals surface area (Å²) in [5, 5.41) is 12.9. The summed E-state index contributed by atoms with van der Waals surface area (Å²) in [5.74, 6) is -1.32. The van der Waals surface area contributed by atoms with Crippen LogP contribution in [-0.4, -0.2) is 126 Å². The molecule has 12 nitrogen and oxygen atoms in total. The van der Waals surface area contributed by atoms with E-state index < -0.39 is 46.7 Å². The molecule has 7 bridgehead atoms. The number of rotatable bonds is 11. The second kappa shape index (κ2) is 11.8. The number of esters is 2. The summed E-state index contributed by atoms with van der Waals surface area (Å²) in [7, 11) is 9.88. The molecule has 12 heteroatoms. The first-order valence-electron chi connectivity index (χ1n) is 17.2. The van der Waals surface area contributed by atoms with Gasteiger partial charge in [-0.3, -0.25) is 9.69 Å². The number of benzene rings is 1. The van der Waals surface area contributed by atoms with Gasteiger partial charge in [0, 0.05) is 83.0 Å². The summed E-state index contributed by atoms with van der Waals surface area (Å²) in [5.41, 5.74) is -3.23. The van der Waals surface area contributed by atoms with Gasteiger partial charge in [-0.05, 0) is 49.9 Å². The van der Waals surface area contributed by atoms with Crippen LogP contribution in [0.3, 0.4) is 0 Å². The third kappa shape index (κ3) is 4.10. The van der Waals surface area contributed by atoms with Gasteiger partial charge in [0.1, 0.15) is 17.3 Å². The van der Waals surface area contributed by atoms with Crippen molar-refractivity contribution in [2.45, 2.75) is 81.2 Å². The molecular formula is C36H51NO11. The Hall–Kier alpha value is -2.48. The number of ether oxygens (including phenoxy) is 8. The van der Waals surface area contributed by atoms with Gasteiger partial charge in [0.25, 0.3) is 0 Å². The number of nitrogens with zero attached hydrogens (tertiary/aromatic N) is 1. The van der Waals surface area contributed by atoms with Crippen LogP contribution in [0, 0.1) is 34.5 Å². The van der Waals surface area contributed by atoms with Crippen LogP contribution in [0.1, 0.15) is 49.9 Å². The molecule has 13 atom stereocenters. The molecule has 0 aromatic heterocycles. The van der Waals surface area contributed by atoms with E-state index in [4.69, 9.17) is 37.9 Å². The second-order valence-electron chi connectivity index (χ2n) is 15.0. The molecular weight excluding hydrogens is 622 g/mol. The lowest BCUT2D eigenvalue weighted by atomic mass is 9.43. The number of piperidine rings is 1. The molecule has 0 amide bonds. The highest BCUT2D eigenvalue weighted by Gasteiger charge is 2.89. The molecule has 1 N–H and O–H groups in total. The molecule has 5 saturated carbocycles. The lowest BCUT2D eigenvalue weighted by Crippen LogP contribution is -2.77. The van der Waals surface area contributed by atoms with Gasteiger partial charge < -0.3 is 43.0 Å². The van der Waals surface area contributed by atoms with Crippen LogP contribution in [0.4, 0.5) is 0 Å². The fraction of sp³-hybridized carbons (Fsp3) is 0.778. The summed E-state index contributed by atoms with van der Waals surface area (Å²) in [6.45, 7) is 5.75. The average molecular weight is 674 g/mol. The minimum atomic E-state index is -1.55. The second-order valence-corrected chi connectivity index (χ2v) is 15.0. The van der Waals surface area contributed by atoms with E-state index in [1.165, 1.54) is 21.1 Å². The molecule has 1 saturated heterocycles. The highest BCUT2D eigenvalue weighted by atomic mass is 16.6. The van der Waals surface area contributed by atoms with Gasteiger partial charge in [-0.15, -0.1) is 0 Å². The first-order chi connectivity index (χ1) is 23.0. The van der Waals surface area contributed by atoms with Crippen LogP contribution >= 0.6 is 0 Å². The Morgan fingerprint density at radius 3 is 2.29 bits per heavy atom. The highest BCUT2D eigenvalue weighted by Crippen LogP contribution is 2.80. The molecule has 0 unspecified atom stereocenters. The van der Waals surface area contributed by atoms with Crippen molar-refractivity contribution in [3.63, 3.8) is 0 Å². The van der Waals surface area contributed by atoms with Crippen LogP contribution in [0.2, 0.25) is 0 Å². The number of carbonyl (C=O) groups is 2. The van der Waals surface area contributed by atoms with Gasteiger partial charge >= 0.3 is 11.9 Å². The zero-order valence-electron chi connectivity index (χ0n) is 29.4. The van der Waals surface area contributed by atoms with Crippen LogP contribution in [0.15, 0.2) is 18.2 Å². The minimum absolute atomic E-state index is 0.0139. The van der Waals surface area contributed by atoms with Gasteiger partial charge in [-0.2, -0.15) is 0 Å². The number of hydrogen-bond acceptors (Lipinski definition) is 12. The van der Waals surface area contributed by atoms with Gasteiger partial charge in [-0.1, -0.05) is 6.92 Å². The van der Waals surface area contributed by atoms with E-state index in [0.717, 1.165) is 25.9 Å². The van der Waals surface area contributed by atoms with Crippen LogP contribution in [0.25, 0.3) is 0 Å². The number of aliphatic hydroxyl groups is 1. The topological polar surface area (TPSA) is 131 Å². The first kappa shape index (κ1) is 34.0. The third-order valence-corrected chi connectivity index (χ3v) is 13.6. The maximum absolute atomic E-state index is 14.1. The predicted octanol–water partition coefficient (Wildman–Crippen LogP) is 2.72. The molecule has 1 aromatic carbocycles. The van der Waals surface area contributed by atoms with Crippen molar-refractivity contribution < 1.29 is 52.6 Å². The maximum atomic E-state index is 14.1. The number of carbonyl (C=O) groups excluding carboxylic acids is 2. The summed E-state index contributed by atoms with van der Waals surface area (Å²) in [6, 6.07) is 4.76. The Morgan fingerprint density at radius 1 is 0.958 bits per heavy atom. The largest absolute Gasteiger partial charge is 0.493 e. The van der Waals surface area contributed by atoms with Gasteiger partial charge in [0.15, 0.2) is 11.5 Å². The normalized spacial score (nSPS) is 45.1. The van der Waals surface area contributed by atoms with Gasteiger partial charge in [0.2, 0.25) is 0 Å². The molecule has 1 aliphatic heterocycles. The van der Waals surface area contributed by atoms with Crippen molar-refractivity contribution in [2.24, 2.45) is 34.5 Å². The molecule has 266 valence electrons. The lowest BCUT2D eigenvalue weighted by Gasteiger charge is -2.69.